The van der Waals surface area contributed by atoms with E-state index in [1.165, 1.54) is 5.57 Å². The van der Waals surface area contributed by atoms with Crippen LogP contribution in [0.1, 0.15) is 62.7 Å². The summed E-state index contributed by atoms with van der Waals surface area (Å²) in [5.41, 5.74) is 1.47. The number of carbonyl (C=O) groups excluding carboxylic acids is 4. The number of halogens is 1. The Hall–Kier alpha value is -2.29. The average Bonchev–Trinajstić information content (AvgIpc) is 3.23. The SMILES string of the molecule is C[C@]12CC[C@H]3[C@@H](CCC4=CC(=O)C=C[C@@]43C)[C@@H]1CC[C@@H]2C(=O)COC(=O)COC(=O)c1cccc(I)c1. The lowest BCUT2D eigenvalue weighted by Crippen LogP contribution is -2.50. The van der Waals surface area contributed by atoms with Gasteiger partial charge in [0.25, 0.3) is 0 Å². The Morgan fingerprint density at radius 2 is 1.84 bits per heavy atom. The second-order valence-corrected chi connectivity index (χ2v) is 12.7. The van der Waals surface area contributed by atoms with Crippen LogP contribution in [0.5, 0.6) is 0 Å². The fraction of sp³-hybridized carbons (Fsp3) is 0.533. The Morgan fingerprint density at radius 3 is 2.62 bits per heavy atom. The number of ether oxygens (including phenoxy) is 2. The normalized spacial score (nSPS) is 34.0. The predicted octanol–water partition coefficient (Wildman–Crippen LogP) is 5.48. The molecule has 3 saturated carbocycles. The van der Waals surface area contributed by atoms with Crippen molar-refractivity contribution in [1.82, 2.24) is 0 Å². The molecule has 1 aromatic rings. The third-order valence-corrected chi connectivity index (χ3v) is 10.4. The fourth-order valence-electron chi connectivity index (χ4n) is 7.84. The number of benzene rings is 1. The highest BCUT2D eigenvalue weighted by atomic mass is 127. The van der Waals surface area contributed by atoms with E-state index in [0.29, 0.717) is 23.3 Å². The van der Waals surface area contributed by atoms with Crippen molar-refractivity contribution in [1.29, 1.82) is 0 Å². The van der Waals surface area contributed by atoms with Crippen LogP contribution in [0, 0.1) is 38.1 Å². The molecule has 6 nitrogen and oxygen atoms in total. The molecule has 37 heavy (non-hydrogen) atoms. The van der Waals surface area contributed by atoms with Crippen molar-refractivity contribution in [2.45, 2.75) is 52.4 Å². The standard InChI is InChI=1S/C30H33IO6/c1-29-12-10-21(32)15-19(29)6-7-22-23-8-9-25(30(23,2)13-11-24(22)29)26(33)16-36-27(34)17-37-28(35)18-4-3-5-20(31)14-18/h3-5,10,12,14-15,22-25H,6-9,11,13,16-17H2,1-2H3/t22-,23-,24-,25+,29-,30-/m0/s1. The average molecular weight is 616 g/mol. The van der Waals surface area contributed by atoms with Crippen LogP contribution in [0.2, 0.25) is 0 Å². The molecule has 4 aliphatic carbocycles. The molecule has 0 unspecified atom stereocenters. The van der Waals surface area contributed by atoms with E-state index in [9.17, 15) is 19.2 Å². The van der Waals surface area contributed by atoms with Crippen molar-refractivity contribution >= 4 is 46.1 Å². The molecule has 7 heteroatoms. The Kier molecular flexibility index (Phi) is 7.20. The van der Waals surface area contributed by atoms with Gasteiger partial charge in [-0.2, -0.15) is 0 Å². The lowest BCUT2D eigenvalue weighted by Gasteiger charge is -2.56. The lowest BCUT2D eigenvalue weighted by atomic mass is 9.47. The van der Waals surface area contributed by atoms with Gasteiger partial charge in [0.1, 0.15) is 6.61 Å². The van der Waals surface area contributed by atoms with Crippen molar-refractivity contribution < 1.29 is 28.7 Å². The summed E-state index contributed by atoms with van der Waals surface area (Å²) in [4.78, 5) is 49.6. The zero-order valence-corrected chi connectivity index (χ0v) is 23.5. The first-order valence-electron chi connectivity index (χ1n) is 13.2. The maximum absolute atomic E-state index is 13.3. The molecule has 0 amide bonds. The summed E-state index contributed by atoms with van der Waals surface area (Å²) in [5.74, 6) is 0.0887. The van der Waals surface area contributed by atoms with Crippen LogP contribution in [0.4, 0.5) is 0 Å². The maximum Gasteiger partial charge on any atom is 0.344 e. The number of allylic oxidation sites excluding steroid dienone is 4. The molecule has 3 fully saturated rings. The highest BCUT2D eigenvalue weighted by molar-refractivity contribution is 14.1. The summed E-state index contributed by atoms with van der Waals surface area (Å²) < 4.78 is 11.2. The second-order valence-electron chi connectivity index (χ2n) is 11.5. The van der Waals surface area contributed by atoms with Gasteiger partial charge in [0.05, 0.1) is 5.56 Å². The van der Waals surface area contributed by atoms with Crippen LogP contribution < -0.4 is 0 Å². The number of hydrogen-bond donors (Lipinski definition) is 0. The van der Waals surface area contributed by atoms with E-state index in [1.807, 2.05) is 12.1 Å². The minimum Gasteiger partial charge on any atom is -0.455 e. The van der Waals surface area contributed by atoms with Gasteiger partial charge in [-0.1, -0.05) is 31.6 Å². The number of rotatable bonds is 6. The van der Waals surface area contributed by atoms with Crippen LogP contribution in [-0.2, 0) is 23.9 Å². The van der Waals surface area contributed by atoms with Gasteiger partial charge in [-0.3, -0.25) is 9.59 Å². The number of fused-ring (bicyclic) bond motifs is 5. The quantitative estimate of drug-likeness (QED) is 0.311. The van der Waals surface area contributed by atoms with E-state index < -0.39 is 18.5 Å². The zero-order chi connectivity index (χ0) is 26.4. The van der Waals surface area contributed by atoms with Crippen LogP contribution in [0.3, 0.4) is 0 Å². The third kappa shape index (κ3) is 4.84. The molecule has 6 atom stereocenters. The first-order valence-corrected chi connectivity index (χ1v) is 14.2. The van der Waals surface area contributed by atoms with Gasteiger partial charge in [0.2, 0.25) is 0 Å². The Balaban J connectivity index is 1.17. The van der Waals surface area contributed by atoms with Gasteiger partial charge in [-0.15, -0.1) is 0 Å². The van der Waals surface area contributed by atoms with Gasteiger partial charge in [-0.25, -0.2) is 9.59 Å². The molecule has 0 bridgehead atoms. The molecule has 0 N–H and O–H groups in total. The number of carbonyl (C=O) groups is 4. The van der Waals surface area contributed by atoms with E-state index >= 15 is 0 Å². The second kappa shape index (κ2) is 10.1. The minimum absolute atomic E-state index is 0.0356. The van der Waals surface area contributed by atoms with Crippen molar-refractivity contribution in [2.24, 2.45) is 34.5 Å². The monoisotopic (exact) mass is 616 g/mol. The fourth-order valence-corrected chi connectivity index (χ4v) is 8.39. The van der Waals surface area contributed by atoms with E-state index in [-0.39, 0.29) is 34.9 Å². The van der Waals surface area contributed by atoms with Crippen molar-refractivity contribution in [2.75, 3.05) is 13.2 Å². The number of esters is 2. The molecule has 0 aromatic heterocycles. The molecule has 5 rings (SSSR count). The molecule has 196 valence electrons. The molecule has 0 aliphatic heterocycles. The van der Waals surface area contributed by atoms with Crippen LogP contribution in [-0.4, -0.2) is 36.7 Å². The summed E-state index contributed by atoms with van der Waals surface area (Å²) in [5, 5.41) is 0. The molecule has 0 saturated heterocycles. The number of Topliss-reactive ketones (excluding diaryl/α,β-unsaturated/α-hetero) is 1. The summed E-state index contributed by atoms with van der Waals surface area (Å²) in [7, 11) is 0. The van der Waals surface area contributed by atoms with E-state index in [0.717, 1.165) is 42.1 Å². The molecular weight excluding hydrogens is 583 g/mol. The summed E-state index contributed by atoms with van der Waals surface area (Å²) in [6.45, 7) is 3.73. The van der Waals surface area contributed by atoms with Gasteiger partial charge in [0.15, 0.2) is 18.2 Å². The largest absolute Gasteiger partial charge is 0.455 e. The first kappa shape index (κ1) is 26.3. The van der Waals surface area contributed by atoms with Gasteiger partial charge >= 0.3 is 11.9 Å². The van der Waals surface area contributed by atoms with Crippen LogP contribution in [0.15, 0.2) is 48.1 Å². The third-order valence-electron chi connectivity index (χ3n) is 9.70. The summed E-state index contributed by atoms with van der Waals surface area (Å²) in [6, 6.07) is 6.90. The predicted molar refractivity (Wildman–Crippen MR) is 146 cm³/mol. The van der Waals surface area contributed by atoms with E-state index in [2.05, 4.69) is 42.5 Å². The molecular formula is C30H33IO6. The summed E-state index contributed by atoms with van der Waals surface area (Å²) in [6.07, 6.45) is 11.5. The number of hydrogen-bond acceptors (Lipinski definition) is 6. The Morgan fingerprint density at radius 1 is 1.03 bits per heavy atom. The van der Waals surface area contributed by atoms with Crippen molar-refractivity contribution in [3.05, 3.63) is 57.2 Å². The molecule has 4 aliphatic rings. The van der Waals surface area contributed by atoms with Crippen molar-refractivity contribution in [3.63, 3.8) is 0 Å². The summed E-state index contributed by atoms with van der Waals surface area (Å²) >= 11 is 2.10. The lowest BCUT2D eigenvalue weighted by molar-refractivity contribution is -0.153. The zero-order valence-electron chi connectivity index (χ0n) is 21.3. The van der Waals surface area contributed by atoms with Gasteiger partial charge < -0.3 is 9.47 Å². The maximum atomic E-state index is 13.3. The van der Waals surface area contributed by atoms with Crippen LogP contribution >= 0.6 is 22.6 Å². The Bertz CT molecular complexity index is 1200. The molecule has 1 aromatic carbocycles. The number of ketones is 2. The highest BCUT2D eigenvalue weighted by Crippen LogP contribution is 2.66. The van der Waals surface area contributed by atoms with Gasteiger partial charge in [0, 0.05) is 14.9 Å². The molecule has 0 spiro atoms. The smallest absolute Gasteiger partial charge is 0.344 e. The van der Waals surface area contributed by atoms with E-state index in [4.69, 9.17) is 9.47 Å². The van der Waals surface area contributed by atoms with Gasteiger partial charge in [-0.05, 0) is 115 Å². The minimum atomic E-state index is -0.714. The molecule has 0 radical (unpaired) electrons. The van der Waals surface area contributed by atoms with Crippen molar-refractivity contribution in [3.8, 4) is 0 Å². The Labute approximate surface area is 231 Å². The topological polar surface area (TPSA) is 86.7 Å². The highest BCUT2D eigenvalue weighted by Gasteiger charge is 2.59. The molecule has 0 heterocycles. The first-order chi connectivity index (χ1) is 17.6. The van der Waals surface area contributed by atoms with Crippen LogP contribution in [0.25, 0.3) is 0 Å². The van der Waals surface area contributed by atoms with E-state index in [1.54, 1.807) is 24.3 Å².